The molecule has 0 saturated carbocycles. The van der Waals surface area contributed by atoms with E-state index < -0.39 is 0 Å². The highest BCUT2D eigenvalue weighted by Crippen LogP contribution is 2.39. The van der Waals surface area contributed by atoms with Gasteiger partial charge in [-0.05, 0) is 100 Å². The van der Waals surface area contributed by atoms with E-state index in [9.17, 15) is 10.5 Å². The standard InChI is InChI=1S/C44H24N2O2/c45-25-30-7-1-2-8-35(30)36-16-13-27(19-34(36)26-46)31-20-32(28-14-17-43-39(23-28)37-9-3-5-11-41(37)47-43)22-33(21-31)29-15-18-44-40(24-29)38-10-4-6-12-42(38)48-44/h1-24H. The molecular formula is C44H24N2O2. The van der Waals surface area contributed by atoms with E-state index in [-0.39, 0.29) is 0 Å². The molecule has 0 spiro atoms. The van der Waals surface area contributed by atoms with Crippen LogP contribution in [-0.2, 0) is 0 Å². The van der Waals surface area contributed by atoms with Crippen molar-refractivity contribution in [1.82, 2.24) is 0 Å². The van der Waals surface area contributed by atoms with Crippen LogP contribution in [0.2, 0.25) is 0 Å². The summed E-state index contributed by atoms with van der Waals surface area (Å²) in [5, 5.41) is 24.3. The Bertz CT molecular complexity index is 2690. The molecule has 4 nitrogen and oxygen atoms in total. The summed E-state index contributed by atoms with van der Waals surface area (Å²) in [5.74, 6) is 0. The molecule has 7 aromatic carbocycles. The van der Waals surface area contributed by atoms with Gasteiger partial charge in [0.15, 0.2) is 0 Å². The monoisotopic (exact) mass is 612 g/mol. The normalized spacial score (nSPS) is 11.3. The van der Waals surface area contributed by atoms with Gasteiger partial charge in [-0.2, -0.15) is 10.5 Å². The molecule has 9 rings (SSSR count). The number of benzene rings is 7. The molecule has 0 bridgehead atoms. The summed E-state index contributed by atoms with van der Waals surface area (Å²) in [7, 11) is 0. The number of rotatable bonds is 4. The number of nitriles is 2. The van der Waals surface area contributed by atoms with E-state index in [0.717, 1.165) is 88.4 Å². The molecule has 2 aromatic heterocycles. The van der Waals surface area contributed by atoms with Gasteiger partial charge in [0.25, 0.3) is 0 Å². The van der Waals surface area contributed by atoms with Gasteiger partial charge in [0, 0.05) is 32.7 Å². The first kappa shape index (κ1) is 27.4. The first-order chi connectivity index (χ1) is 23.7. The van der Waals surface area contributed by atoms with Crippen LogP contribution in [0.5, 0.6) is 0 Å². The molecular weight excluding hydrogens is 588 g/mol. The second-order valence-electron chi connectivity index (χ2n) is 11.9. The highest BCUT2D eigenvalue weighted by atomic mass is 16.3. The van der Waals surface area contributed by atoms with E-state index in [1.807, 2.05) is 84.9 Å². The number of nitrogens with zero attached hydrogens (tertiary/aromatic N) is 2. The maximum Gasteiger partial charge on any atom is 0.135 e. The molecule has 2 heterocycles. The molecule has 48 heavy (non-hydrogen) atoms. The summed E-state index contributed by atoms with van der Waals surface area (Å²) in [6, 6.07) is 53.4. The van der Waals surface area contributed by atoms with E-state index in [1.54, 1.807) is 6.07 Å². The number of hydrogen-bond donors (Lipinski definition) is 0. The van der Waals surface area contributed by atoms with Crippen molar-refractivity contribution in [3.8, 4) is 56.6 Å². The van der Waals surface area contributed by atoms with Crippen molar-refractivity contribution in [3.63, 3.8) is 0 Å². The molecule has 0 aliphatic rings. The Kier molecular flexibility index (Phi) is 6.22. The topological polar surface area (TPSA) is 73.9 Å². The van der Waals surface area contributed by atoms with Crippen molar-refractivity contribution < 1.29 is 8.83 Å². The van der Waals surface area contributed by atoms with Gasteiger partial charge in [-0.1, -0.05) is 78.9 Å². The van der Waals surface area contributed by atoms with Crippen molar-refractivity contribution in [3.05, 3.63) is 157 Å². The summed E-state index contributed by atoms with van der Waals surface area (Å²) >= 11 is 0. The SMILES string of the molecule is N#Cc1ccccc1-c1ccc(-c2cc(-c3ccc4oc5ccccc5c4c3)cc(-c3ccc4oc5ccccc5c4c3)c2)cc1C#N. The van der Waals surface area contributed by atoms with Crippen LogP contribution in [0.3, 0.4) is 0 Å². The van der Waals surface area contributed by atoms with Gasteiger partial charge >= 0.3 is 0 Å². The Hall–Kier alpha value is -6.88. The average Bonchev–Trinajstić information content (AvgIpc) is 3.72. The van der Waals surface area contributed by atoms with Gasteiger partial charge in [0.05, 0.1) is 23.3 Å². The van der Waals surface area contributed by atoms with Crippen LogP contribution in [-0.4, -0.2) is 0 Å². The highest BCUT2D eigenvalue weighted by molar-refractivity contribution is 6.07. The van der Waals surface area contributed by atoms with Crippen molar-refractivity contribution in [1.29, 1.82) is 10.5 Å². The van der Waals surface area contributed by atoms with Crippen molar-refractivity contribution in [2.45, 2.75) is 0 Å². The molecule has 0 saturated heterocycles. The van der Waals surface area contributed by atoms with Gasteiger partial charge in [-0.3, -0.25) is 0 Å². The fourth-order valence-corrected chi connectivity index (χ4v) is 6.81. The van der Waals surface area contributed by atoms with Crippen LogP contribution >= 0.6 is 0 Å². The van der Waals surface area contributed by atoms with Crippen LogP contribution in [0.4, 0.5) is 0 Å². The van der Waals surface area contributed by atoms with Crippen molar-refractivity contribution >= 4 is 43.9 Å². The van der Waals surface area contributed by atoms with Gasteiger partial charge in [-0.25, -0.2) is 0 Å². The molecule has 0 amide bonds. The fourth-order valence-electron chi connectivity index (χ4n) is 6.81. The molecule has 0 N–H and O–H groups in total. The zero-order valence-corrected chi connectivity index (χ0v) is 25.6. The maximum absolute atomic E-state index is 10.3. The van der Waals surface area contributed by atoms with Crippen LogP contribution in [0, 0.1) is 22.7 Å². The Morgan fingerprint density at radius 2 is 0.771 bits per heavy atom. The Balaban J connectivity index is 1.25. The third kappa shape index (κ3) is 4.44. The summed E-state index contributed by atoms with van der Waals surface area (Å²) in [6.07, 6.45) is 0. The highest BCUT2D eigenvalue weighted by Gasteiger charge is 2.15. The predicted octanol–water partition coefficient (Wildman–Crippen LogP) is 11.9. The first-order valence-electron chi connectivity index (χ1n) is 15.7. The smallest absolute Gasteiger partial charge is 0.135 e. The lowest BCUT2D eigenvalue weighted by Gasteiger charge is -2.13. The Morgan fingerprint density at radius 1 is 0.333 bits per heavy atom. The van der Waals surface area contributed by atoms with E-state index in [0.29, 0.717) is 11.1 Å². The summed E-state index contributed by atoms with van der Waals surface area (Å²) in [4.78, 5) is 0. The summed E-state index contributed by atoms with van der Waals surface area (Å²) < 4.78 is 12.3. The van der Waals surface area contributed by atoms with Crippen LogP contribution < -0.4 is 0 Å². The zero-order chi connectivity index (χ0) is 32.2. The summed E-state index contributed by atoms with van der Waals surface area (Å²) in [6.45, 7) is 0. The van der Waals surface area contributed by atoms with Gasteiger partial charge < -0.3 is 8.83 Å². The number of fused-ring (bicyclic) bond motifs is 6. The van der Waals surface area contributed by atoms with Crippen LogP contribution in [0.1, 0.15) is 11.1 Å². The first-order valence-corrected chi connectivity index (χ1v) is 15.7. The Morgan fingerprint density at radius 3 is 1.33 bits per heavy atom. The van der Waals surface area contributed by atoms with Crippen molar-refractivity contribution in [2.24, 2.45) is 0 Å². The maximum atomic E-state index is 10.3. The summed E-state index contributed by atoms with van der Waals surface area (Å²) in [5.41, 5.74) is 12.1. The van der Waals surface area contributed by atoms with Crippen molar-refractivity contribution in [2.75, 3.05) is 0 Å². The average molecular weight is 613 g/mol. The lowest BCUT2D eigenvalue weighted by Crippen LogP contribution is -1.91. The molecule has 4 heteroatoms. The second-order valence-corrected chi connectivity index (χ2v) is 11.9. The van der Waals surface area contributed by atoms with Gasteiger partial charge in [0.2, 0.25) is 0 Å². The predicted molar refractivity (Wildman–Crippen MR) is 192 cm³/mol. The number of hydrogen-bond acceptors (Lipinski definition) is 4. The lowest BCUT2D eigenvalue weighted by atomic mass is 9.90. The quantitative estimate of drug-likeness (QED) is 0.198. The van der Waals surface area contributed by atoms with E-state index in [4.69, 9.17) is 8.83 Å². The molecule has 0 aliphatic heterocycles. The van der Waals surface area contributed by atoms with Gasteiger partial charge in [-0.15, -0.1) is 0 Å². The minimum absolute atomic E-state index is 0.514. The van der Waals surface area contributed by atoms with Crippen LogP contribution in [0.15, 0.2) is 154 Å². The van der Waals surface area contributed by atoms with E-state index >= 15 is 0 Å². The second kappa shape index (κ2) is 10.9. The molecule has 0 unspecified atom stereocenters. The molecule has 0 fully saturated rings. The number of para-hydroxylation sites is 2. The molecule has 0 radical (unpaired) electrons. The van der Waals surface area contributed by atoms with Gasteiger partial charge in [0.1, 0.15) is 22.3 Å². The number of furan rings is 2. The van der Waals surface area contributed by atoms with Crippen LogP contribution in [0.25, 0.3) is 88.4 Å². The largest absolute Gasteiger partial charge is 0.456 e. The Labute approximate surface area is 275 Å². The van der Waals surface area contributed by atoms with E-state index in [1.165, 1.54) is 0 Å². The minimum Gasteiger partial charge on any atom is -0.456 e. The molecule has 0 aliphatic carbocycles. The zero-order valence-electron chi connectivity index (χ0n) is 25.6. The molecule has 222 valence electrons. The fraction of sp³-hybridized carbons (Fsp3) is 0. The third-order valence-electron chi connectivity index (χ3n) is 9.16. The molecule has 0 atom stereocenters. The van der Waals surface area contributed by atoms with E-state index in [2.05, 4.69) is 66.7 Å². The lowest BCUT2D eigenvalue weighted by molar-refractivity contribution is 0.668. The third-order valence-corrected chi connectivity index (χ3v) is 9.16. The molecule has 9 aromatic rings. The minimum atomic E-state index is 0.514.